The normalized spacial score (nSPS) is 13.0. The molecule has 0 unspecified atom stereocenters. The van der Waals surface area contributed by atoms with Crippen LogP contribution in [-0.2, 0) is 5.41 Å². The van der Waals surface area contributed by atoms with Gasteiger partial charge in [0, 0.05) is 28.1 Å². The van der Waals surface area contributed by atoms with E-state index in [0.29, 0.717) is 0 Å². The van der Waals surface area contributed by atoms with Crippen molar-refractivity contribution in [2.24, 2.45) is 0 Å². The van der Waals surface area contributed by atoms with Crippen LogP contribution in [0.5, 0.6) is 11.5 Å². The van der Waals surface area contributed by atoms with Gasteiger partial charge in [0.2, 0.25) is 0 Å². The number of fused-ring (bicyclic) bond motifs is 17. The number of hydrogen-bond acceptors (Lipinski definition) is 2. The van der Waals surface area contributed by atoms with Gasteiger partial charge in [-0.2, -0.15) is 0 Å². The molecule has 0 N–H and O–H groups in total. The number of hydrogen-bond donors (Lipinski definition) is 0. The Bertz CT molecular complexity index is 3410. The molecule has 63 heavy (non-hydrogen) atoms. The molecule has 0 bridgehead atoms. The van der Waals surface area contributed by atoms with E-state index < -0.39 is 5.41 Å². The van der Waals surface area contributed by atoms with Crippen LogP contribution >= 0.6 is 0 Å². The maximum Gasteiger partial charge on any atom is 0.135 e. The molecule has 0 fully saturated rings. The molecule has 0 saturated heterocycles. The average Bonchev–Trinajstić information content (AvgIpc) is 3.50. The minimum atomic E-state index is -0.552. The number of anilines is 3. The van der Waals surface area contributed by atoms with Gasteiger partial charge in [0.05, 0.1) is 11.1 Å². The molecule has 0 amide bonds. The fourth-order valence-electron chi connectivity index (χ4n) is 10.9. The number of nitrogens with zero attached hydrogens (tertiary/aromatic N) is 1. The summed E-state index contributed by atoms with van der Waals surface area (Å²) in [6, 6.07) is 86.7. The highest BCUT2D eigenvalue weighted by molar-refractivity contribution is 6.00. The first-order chi connectivity index (χ1) is 31.3. The maximum atomic E-state index is 6.77. The Kier molecular flexibility index (Phi) is 7.85. The average molecular weight is 802 g/mol. The van der Waals surface area contributed by atoms with Crippen LogP contribution in [0.1, 0.15) is 22.3 Å². The summed E-state index contributed by atoms with van der Waals surface area (Å²) in [6.45, 7) is 0. The van der Waals surface area contributed by atoms with Crippen LogP contribution in [0.15, 0.2) is 237 Å². The van der Waals surface area contributed by atoms with Crippen LogP contribution in [0.3, 0.4) is 0 Å². The number of benzene rings is 10. The third-order valence-electron chi connectivity index (χ3n) is 13.5. The Morgan fingerprint density at radius 1 is 0.270 bits per heavy atom. The molecule has 1 aliphatic heterocycles. The lowest BCUT2D eigenvalue weighted by Gasteiger charge is -2.36. The zero-order valence-electron chi connectivity index (χ0n) is 34.4. The van der Waals surface area contributed by atoms with Gasteiger partial charge in [0.25, 0.3) is 0 Å². The Balaban J connectivity index is 1.11. The van der Waals surface area contributed by atoms with Crippen molar-refractivity contribution in [2.45, 2.75) is 5.41 Å². The van der Waals surface area contributed by atoms with Gasteiger partial charge in [-0.25, -0.2) is 0 Å². The molecule has 1 spiro atoms. The monoisotopic (exact) mass is 801 g/mol. The van der Waals surface area contributed by atoms with Crippen molar-refractivity contribution < 1.29 is 4.74 Å². The van der Waals surface area contributed by atoms with Crippen molar-refractivity contribution in [2.75, 3.05) is 4.90 Å². The van der Waals surface area contributed by atoms with E-state index in [4.69, 9.17) is 4.74 Å². The first kappa shape index (κ1) is 35.5. The Morgan fingerprint density at radius 3 is 1.30 bits per heavy atom. The van der Waals surface area contributed by atoms with E-state index in [9.17, 15) is 0 Å². The molecular formula is C61H39NO. The third-order valence-corrected chi connectivity index (χ3v) is 13.5. The van der Waals surface area contributed by atoms with E-state index in [2.05, 4.69) is 235 Å². The summed E-state index contributed by atoms with van der Waals surface area (Å²) in [5.74, 6) is 1.69. The van der Waals surface area contributed by atoms with E-state index in [1.54, 1.807) is 0 Å². The zero-order chi connectivity index (χ0) is 41.5. The number of para-hydroxylation sites is 2. The highest BCUT2D eigenvalue weighted by atomic mass is 16.5. The molecule has 2 nitrogen and oxygen atoms in total. The smallest absolute Gasteiger partial charge is 0.135 e. The highest BCUT2D eigenvalue weighted by Gasteiger charge is 2.49. The summed E-state index contributed by atoms with van der Waals surface area (Å²) in [6.07, 6.45) is 0. The molecule has 2 heteroatoms. The minimum absolute atomic E-state index is 0.552. The van der Waals surface area contributed by atoms with Crippen LogP contribution in [0, 0.1) is 0 Å². The summed E-state index contributed by atoms with van der Waals surface area (Å²) >= 11 is 0. The van der Waals surface area contributed by atoms with Gasteiger partial charge in [-0.1, -0.05) is 194 Å². The highest BCUT2D eigenvalue weighted by Crippen LogP contribution is 2.62. The molecule has 10 aromatic rings. The van der Waals surface area contributed by atoms with Crippen molar-refractivity contribution >= 4 is 17.1 Å². The molecule has 10 aromatic carbocycles. The van der Waals surface area contributed by atoms with E-state index in [-0.39, 0.29) is 0 Å². The molecule has 0 saturated carbocycles. The molecule has 3 aliphatic rings. The first-order valence-corrected chi connectivity index (χ1v) is 21.8. The van der Waals surface area contributed by atoms with Gasteiger partial charge in [-0.05, 0) is 115 Å². The van der Waals surface area contributed by atoms with Crippen LogP contribution in [0.2, 0.25) is 0 Å². The largest absolute Gasteiger partial charge is 0.456 e. The van der Waals surface area contributed by atoms with Gasteiger partial charge in [0.1, 0.15) is 11.5 Å². The first-order valence-electron chi connectivity index (χ1n) is 21.8. The van der Waals surface area contributed by atoms with Gasteiger partial charge in [-0.15, -0.1) is 0 Å². The van der Waals surface area contributed by atoms with Gasteiger partial charge < -0.3 is 9.64 Å². The summed E-state index contributed by atoms with van der Waals surface area (Å²) in [4.78, 5) is 2.45. The Labute approximate surface area is 367 Å². The van der Waals surface area contributed by atoms with Crippen molar-refractivity contribution in [3.8, 4) is 78.3 Å². The number of ether oxygens (including phenoxy) is 1. The van der Waals surface area contributed by atoms with E-state index in [0.717, 1.165) is 61.9 Å². The van der Waals surface area contributed by atoms with E-state index in [1.165, 1.54) is 55.6 Å². The molecule has 294 valence electrons. The quantitative estimate of drug-likeness (QED) is 0.176. The van der Waals surface area contributed by atoms with E-state index in [1.807, 2.05) is 6.07 Å². The molecule has 2 aliphatic carbocycles. The Morgan fingerprint density at radius 2 is 0.667 bits per heavy atom. The third kappa shape index (κ3) is 5.19. The van der Waals surface area contributed by atoms with Gasteiger partial charge in [-0.3, -0.25) is 0 Å². The van der Waals surface area contributed by atoms with Crippen molar-refractivity contribution in [1.82, 2.24) is 0 Å². The molecule has 0 radical (unpaired) electrons. The Hall–Kier alpha value is -8.20. The lowest BCUT2D eigenvalue weighted by Crippen LogP contribution is -2.29. The van der Waals surface area contributed by atoms with E-state index >= 15 is 0 Å². The maximum absolute atomic E-state index is 6.77. The fraction of sp³-hybridized carbons (Fsp3) is 0.0164. The minimum Gasteiger partial charge on any atom is -0.456 e. The number of rotatable bonds is 4. The summed E-state index contributed by atoms with van der Waals surface area (Å²) < 4.78 is 6.77. The van der Waals surface area contributed by atoms with Crippen LogP contribution in [-0.4, -0.2) is 0 Å². The second-order valence-corrected chi connectivity index (χ2v) is 16.7. The van der Waals surface area contributed by atoms with Gasteiger partial charge >= 0.3 is 0 Å². The predicted octanol–water partition coefficient (Wildman–Crippen LogP) is 16.3. The SMILES string of the molecule is c1ccc(-c2ccccc2N(c2ccc3c(c2)-c2ccccc2-c2ccccc2O3)c2ccc3c(c2)-c2ccccc2-c2ccccc2C32c3ccccc3-c3ccccc32)cc1. The second kappa shape index (κ2) is 13.9. The second-order valence-electron chi connectivity index (χ2n) is 16.7. The summed E-state index contributed by atoms with van der Waals surface area (Å²) in [5.41, 5.74) is 22.1. The van der Waals surface area contributed by atoms with Crippen LogP contribution in [0.25, 0.3) is 66.8 Å². The topological polar surface area (TPSA) is 12.5 Å². The van der Waals surface area contributed by atoms with Crippen LogP contribution in [0.4, 0.5) is 17.1 Å². The lowest BCUT2D eigenvalue weighted by atomic mass is 9.66. The van der Waals surface area contributed by atoms with Crippen LogP contribution < -0.4 is 9.64 Å². The van der Waals surface area contributed by atoms with Crippen molar-refractivity contribution in [1.29, 1.82) is 0 Å². The van der Waals surface area contributed by atoms with Crippen molar-refractivity contribution in [3.63, 3.8) is 0 Å². The molecular weight excluding hydrogens is 763 g/mol. The van der Waals surface area contributed by atoms with Gasteiger partial charge in [0.15, 0.2) is 0 Å². The molecule has 0 aromatic heterocycles. The van der Waals surface area contributed by atoms with Crippen molar-refractivity contribution in [3.05, 3.63) is 259 Å². The summed E-state index contributed by atoms with van der Waals surface area (Å²) in [7, 11) is 0. The standard InChI is InChI=1S/C61H39NO/c1-2-18-40(19-3-1)43-20-11-16-32-58(43)62(42-35-37-60-53(39-42)47-24-7-5-22-45(47)51-28-12-17-33-59(51)63-60)41-34-36-57-52(38-41)46-23-6-4-21-44(46)48-25-8-13-29-54(48)61(57)55-30-14-9-26-49(55)50-27-10-15-31-56(50)61/h1-39H. The predicted molar refractivity (Wildman–Crippen MR) is 259 cm³/mol. The summed E-state index contributed by atoms with van der Waals surface area (Å²) in [5, 5.41) is 0. The fourth-order valence-corrected chi connectivity index (χ4v) is 10.9. The molecule has 13 rings (SSSR count). The molecule has 1 heterocycles. The molecule has 0 atom stereocenters. The lowest BCUT2D eigenvalue weighted by molar-refractivity contribution is 0.488. The zero-order valence-corrected chi connectivity index (χ0v) is 34.4.